The van der Waals surface area contributed by atoms with Gasteiger partial charge in [0.2, 0.25) is 5.84 Å². The number of benzene rings is 1. The number of aliphatic hydroxyl groups excluding tert-OH is 1. The Labute approximate surface area is 210 Å². The average Bonchev–Trinajstić information content (AvgIpc) is 3.19. The van der Waals surface area contributed by atoms with Crippen LogP contribution in [0.5, 0.6) is 0 Å². The monoisotopic (exact) mass is 476 g/mol. The first kappa shape index (κ1) is 29.9. The van der Waals surface area contributed by atoms with Crippen molar-refractivity contribution in [2.24, 2.45) is 4.99 Å². The van der Waals surface area contributed by atoms with E-state index in [-0.39, 0.29) is 19.0 Å². The molecule has 1 aliphatic heterocycles. The molecule has 0 aromatic heterocycles. The van der Waals surface area contributed by atoms with E-state index in [1.54, 1.807) is 0 Å². The van der Waals surface area contributed by atoms with Gasteiger partial charge in [0.25, 0.3) is 0 Å². The van der Waals surface area contributed by atoms with Gasteiger partial charge >= 0.3 is 0 Å². The number of unbranched alkanes of at least 4 members (excludes halogenated alkanes) is 12. The standard InChI is InChI=1S/C29H49N2O.ClH/c1-2-3-4-5-6-7-8-9-10-11-12-13-14-15-19-22-29-30-23-24-31(29,25-26-32)27-28-20-17-16-18-21-28;/h15-21,32H,2-14,22-27H2,1H3;1H/q+1;/p-1/b19-15+;. The highest BCUT2D eigenvalue weighted by atomic mass is 35.5. The first-order valence-electron chi connectivity index (χ1n) is 13.5. The Morgan fingerprint density at radius 1 is 0.848 bits per heavy atom. The van der Waals surface area contributed by atoms with Gasteiger partial charge in [0.05, 0.1) is 19.6 Å². The molecule has 0 saturated carbocycles. The van der Waals surface area contributed by atoms with Crippen LogP contribution in [0.15, 0.2) is 47.5 Å². The Kier molecular flexibility index (Phi) is 17.4. The molecule has 1 unspecified atom stereocenters. The number of allylic oxidation sites excluding steroid dienone is 1. The highest BCUT2D eigenvalue weighted by Gasteiger charge is 2.37. The van der Waals surface area contributed by atoms with Crippen LogP contribution in [0.25, 0.3) is 0 Å². The fourth-order valence-electron chi connectivity index (χ4n) is 4.93. The Morgan fingerprint density at radius 3 is 2.06 bits per heavy atom. The summed E-state index contributed by atoms with van der Waals surface area (Å²) in [6.07, 6.45) is 23.6. The summed E-state index contributed by atoms with van der Waals surface area (Å²) in [4.78, 5) is 4.83. The predicted octanol–water partition coefficient (Wildman–Crippen LogP) is 4.45. The van der Waals surface area contributed by atoms with E-state index >= 15 is 0 Å². The Morgan fingerprint density at radius 2 is 1.45 bits per heavy atom. The van der Waals surface area contributed by atoms with Crippen LogP contribution in [0, 0.1) is 0 Å². The van der Waals surface area contributed by atoms with Crippen LogP contribution < -0.4 is 12.4 Å². The van der Waals surface area contributed by atoms with Crippen LogP contribution in [-0.2, 0) is 6.54 Å². The average molecular weight is 477 g/mol. The lowest BCUT2D eigenvalue weighted by molar-refractivity contribution is -0.850. The van der Waals surface area contributed by atoms with E-state index in [1.807, 2.05) is 0 Å². The number of nitrogens with zero attached hydrogens (tertiary/aromatic N) is 2. The molecule has 1 aromatic rings. The lowest BCUT2D eigenvalue weighted by Gasteiger charge is -2.34. The predicted molar refractivity (Wildman–Crippen MR) is 139 cm³/mol. The maximum absolute atomic E-state index is 9.70. The molecule has 1 atom stereocenters. The lowest BCUT2D eigenvalue weighted by Crippen LogP contribution is -3.00. The number of quaternary nitrogens is 1. The van der Waals surface area contributed by atoms with Crippen molar-refractivity contribution in [2.75, 3.05) is 26.2 Å². The SMILES string of the molecule is CCCCCCCCCCCCCC/C=C/CC1=NCC[N+]1(CCO)Cc1ccccc1.[Cl-]. The largest absolute Gasteiger partial charge is 1.00 e. The third-order valence-corrected chi connectivity index (χ3v) is 6.92. The molecule has 0 radical (unpaired) electrons. The molecule has 2 rings (SSSR count). The smallest absolute Gasteiger partial charge is 0.202 e. The fourth-order valence-corrected chi connectivity index (χ4v) is 4.93. The summed E-state index contributed by atoms with van der Waals surface area (Å²) in [5.41, 5.74) is 1.33. The molecular weight excluding hydrogens is 428 g/mol. The molecule has 0 bridgehead atoms. The quantitative estimate of drug-likeness (QED) is 0.178. The third kappa shape index (κ3) is 12.2. The molecule has 33 heavy (non-hydrogen) atoms. The van der Waals surface area contributed by atoms with Gasteiger partial charge in [-0.3, -0.25) is 4.48 Å². The molecule has 0 amide bonds. The van der Waals surface area contributed by atoms with Crippen molar-refractivity contribution < 1.29 is 22.0 Å². The minimum Gasteiger partial charge on any atom is -1.00 e. The lowest BCUT2D eigenvalue weighted by atomic mass is 10.0. The number of aliphatic imine (C=N–C) groups is 1. The van der Waals surface area contributed by atoms with Gasteiger partial charge in [-0.2, -0.15) is 0 Å². The number of amidine groups is 1. The van der Waals surface area contributed by atoms with Crippen LogP contribution in [0.3, 0.4) is 0 Å². The minimum atomic E-state index is 0. The van der Waals surface area contributed by atoms with Gasteiger partial charge in [0, 0.05) is 5.56 Å². The summed E-state index contributed by atoms with van der Waals surface area (Å²) in [5.74, 6) is 1.24. The summed E-state index contributed by atoms with van der Waals surface area (Å²) in [6, 6.07) is 10.7. The van der Waals surface area contributed by atoms with E-state index in [0.29, 0.717) is 0 Å². The second-order valence-electron chi connectivity index (χ2n) is 9.61. The van der Waals surface area contributed by atoms with Crippen molar-refractivity contribution >= 4 is 5.84 Å². The number of aliphatic hydroxyl groups is 1. The second-order valence-corrected chi connectivity index (χ2v) is 9.61. The minimum absolute atomic E-state index is 0. The number of hydrogen-bond donors (Lipinski definition) is 1. The van der Waals surface area contributed by atoms with Crippen molar-refractivity contribution in [3.63, 3.8) is 0 Å². The molecule has 1 heterocycles. The van der Waals surface area contributed by atoms with E-state index in [2.05, 4.69) is 49.4 Å². The van der Waals surface area contributed by atoms with Crippen LogP contribution >= 0.6 is 0 Å². The van der Waals surface area contributed by atoms with Crippen LogP contribution in [0.2, 0.25) is 0 Å². The van der Waals surface area contributed by atoms with Crippen molar-refractivity contribution in [3.05, 3.63) is 48.0 Å². The van der Waals surface area contributed by atoms with Gasteiger partial charge < -0.3 is 17.5 Å². The Balaban J connectivity index is 0.00000544. The van der Waals surface area contributed by atoms with Gasteiger partial charge in [0.1, 0.15) is 19.6 Å². The van der Waals surface area contributed by atoms with E-state index in [1.165, 1.54) is 94.9 Å². The summed E-state index contributed by atoms with van der Waals surface area (Å²) in [7, 11) is 0. The fraction of sp³-hybridized carbons (Fsp3) is 0.690. The molecular formula is C29H49ClN2O. The number of rotatable bonds is 19. The van der Waals surface area contributed by atoms with Crippen LogP contribution in [0.1, 0.15) is 102 Å². The molecule has 0 saturated heterocycles. The van der Waals surface area contributed by atoms with Crippen molar-refractivity contribution in [2.45, 2.75) is 103 Å². The molecule has 4 heteroatoms. The van der Waals surface area contributed by atoms with Gasteiger partial charge in [-0.05, 0) is 12.8 Å². The van der Waals surface area contributed by atoms with Crippen molar-refractivity contribution in [1.82, 2.24) is 0 Å². The Hall–Kier alpha value is -1.16. The van der Waals surface area contributed by atoms with Crippen LogP contribution in [-0.4, -0.2) is 41.7 Å². The first-order valence-corrected chi connectivity index (χ1v) is 13.5. The van der Waals surface area contributed by atoms with Gasteiger partial charge in [0.15, 0.2) is 0 Å². The molecule has 188 valence electrons. The molecule has 3 nitrogen and oxygen atoms in total. The molecule has 1 aliphatic rings. The van der Waals surface area contributed by atoms with E-state index in [0.717, 1.165) is 37.1 Å². The summed E-state index contributed by atoms with van der Waals surface area (Å²) in [5, 5.41) is 9.70. The summed E-state index contributed by atoms with van der Waals surface area (Å²) >= 11 is 0. The van der Waals surface area contributed by atoms with Crippen LogP contribution in [0.4, 0.5) is 0 Å². The van der Waals surface area contributed by atoms with Gasteiger partial charge in [-0.1, -0.05) is 120 Å². The zero-order valence-corrected chi connectivity index (χ0v) is 22.0. The molecule has 0 aliphatic carbocycles. The van der Waals surface area contributed by atoms with E-state index < -0.39 is 0 Å². The maximum Gasteiger partial charge on any atom is 0.202 e. The van der Waals surface area contributed by atoms with Gasteiger partial charge in [-0.15, -0.1) is 0 Å². The molecule has 0 spiro atoms. The number of hydrogen-bond acceptors (Lipinski definition) is 2. The summed E-state index contributed by atoms with van der Waals surface area (Å²) < 4.78 is 0.823. The van der Waals surface area contributed by atoms with Crippen molar-refractivity contribution in [3.8, 4) is 0 Å². The molecule has 1 aromatic carbocycles. The first-order chi connectivity index (χ1) is 15.8. The summed E-state index contributed by atoms with van der Waals surface area (Å²) in [6.45, 7) is 6.10. The van der Waals surface area contributed by atoms with Gasteiger partial charge in [-0.25, -0.2) is 4.99 Å². The van der Waals surface area contributed by atoms with E-state index in [4.69, 9.17) is 4.99 Å². The van der Waals surface area contributed by atoms with Crippen molar-refractivity contribution in [1.29, 1.82) is 0 Å². The normalized spacial score (nSPS) is 17.9. The topological polar surface area (TPSA) is 32.6 Å². The highest BCUT2D eigenvalue weighted by molar-refractivity contribution is 5.78. The van der Waals surface area contributed by atoms with E-state index in [9.17, 15) is 5.11 Å². The highest BCUT2D eigenvalue weighted by Crippen LogP contribution is 2.22. The zero-order valence-electron chi connectivity index (χ0n) is 21.2. The Bertz CT molecular complexity index is 646. The second kappa shape index (κ2) is 19.2. The third-order valence-electron chi connectivity index (χ3n) is 6.92. The molecule has 1 N–H and O–H groups in total. The maximum atomic E-state index is 9.70. The molecule has 0 fully saturated rings. The number of halogens is 1. The zero-order chi connectivity index (χ0) is 22.7.